The van der Waals surface area contributed by atoms with Crippen LogP contribution >= 0.6 is 12.2 Å². The second-order valence-corrected chi connectivity index (χ2v) is 5.48. The number of hydrogen-bond acceptors (Lipinski definition) is 4. The Morgan fingerprint density at radius 1 is 1.55 bits per heavy atom. The van der Waals surface area contributed by atoms with Gasteiger partial charge in [-0.3, -0.25) is 4.79 Å². The summed E-state index contributed by atoms with van der Waals surface area (Å²) in [4.78, 5) is 18.4. The molecule has 0 radical (unpaired) electrons. The third-order valence-electron chi connectivity index (χ3n) is 3.18. The molecule has 1 aromatic rings. The number of hydrogen-bond donors (Lipinski definition) is 2. The van der Waals surface area contributed by atoms with Crippen LogP contribution in [-0.4, -0.2) is 36.5 Å². The maximum atomic E-state index is 11.6. The van der Waals surface area contributed by atoms with E-state index in [1.54, 1.807) is 7.05 Å². The molecule has 0 aliphatic rings. The van der Waals surface area contributed by atoms with E-state index in [0.717, 1.165) is 22.6 Å². The van der Waals surface area contributed by atoms with Gasteiger partial charge in [0, 0.05) is 26.3 Å². The molecule has 1 unspecified atom stereocenters. The zero-order valence-electron chi connectivity index (χ0n) is 12.7. The Bertz CT molecular complexity index is 530. The Balaban J connectivity index is 3.12. The predicted octanol–water partition coefficient (Wildman–Crippen LogP) is 1.15. The number of anilines is 1. The van der Waals surface area contributed by atoms with Crippen LogP contribution in [0.3, 0.4) is 0 Å². The minimum atomic E-state index is -0.146. The van der Waals surface area contributed by atoms with Gasteiger partial charge in [-0.15, -0.1) is 0 Å². The monoisotopic (exact) mass is 294 g/mol. The van der Waals surface area contributed by atoms with Crippen molar-refractivity contribution < 1.29 is 4.79 Å². The highest BCUT2D eigenvalue weighted by Gasteiger charge is 2.19. The van der Waals surface area contributed by atoms with E-state index in [0.29, 0.717) is 11.5 Å². The molecule has 1 atom stereocenters. The third kappa shape index (κ3) is 3.66. The molecular weight excluding hydrogens is 272 g/mol. The van der Waals surface area contributed by atoms with E-state index in [9.17, 15) is 4.79 Å². The number of aromatic nitrogens is 1. The molecule has 3 N–H and O–H groups in total. The van der Waals surface area contributed by atoms with Crippen LogP contribution in [-0.2, 0) is 4.79 Å². The standard InChI is InChI=1S/C14H22N4OS/c1-8-6-10(3)17-13(11(8)12(15)20)18(5)7-9(2)14(19)16-4/h6,9H,7H2,1-5H3,(H2,15,20)(H,16,19). The lowest BCUT2D eigenvalue weighted by atomic mass is 10.1. The van der Waals surface area contributed by atoms with Gasteiger partial charge in [0.15, 0.2) is 0 Å². The quantitative estimate of drug-likeness (QED) is 0.797. The normalized spacial score (nSPS) is 11.8. The molecule has 0 aliphatic heterocycles. The minimum absolute atomic E-state index is 0.00176. The largest absolute Gasteiger partial charge is 0.389 e. The van der Waals surface area contributed by atoms with Crippen molar-refractivity contribution >= 4 is 28.9 Å². The van der Waals surface area contributed by atoms with E-state index < -0.39 is 0 Å². The molecule has 1 heterocycles. The average Bonchev–Trinajstić information content (AvgIpc) is 2.35. The highest BCUT2D eigenvalue weighted by atomic mass is 32.1. The number of amides is 1. The molecule has 20 heavy (non-hydrogen) atoms. The molecule has 0 saturated heterocycles. The lowest BCUT2D eigenvalue weighted by Gasteiger charge is -2.25. The summed E-state index contributed by atoms with van der Waals surface area (Å²) in [5.41, 5.74) is 8.48. The van der Waals surface area contributed by atoms with Crippen molar-refractivity contribution in [2.45, 2.75) is 20.8 Å². The highest BCUT2D eigenvalue weighted by molar-refractivity contribution is 7.80. The van der Waals surface area contributed by atoms with Crippen molar-refractivity contribution in [1.82, 2.24) is 10.3 Å². The Kier molecular flexibility index (Phi) is 5.44. The second kappa shape index (κ2) is 6.65. The fraction of sp³-hybridized carbons (Fsp3) is 0.500. The molecule has 5 nitrogen and oxygen atoms in total. The molecule has 0 fully saturated rings. The molecule has 1 aromatic heterocycles. The van der Waals surface area contributed by atoms with E-state index in [2.05, 4.69) is 10.3 Å². The SMILES string of the molecule is CNC(=O)C(C)CN(C)c1nc(C)cc(C)c1C(N)=S. The number of aryl methyl sites for hydroxylation is 2. The molecular formula is C14H22N4OS. The van der Waals surface area contributed by atoms with Crippen molar-refractivity contribution in [2.24, 2.45) is 11.7 Å². The summed E-state index contributed by atoms with van der Waals surface area (Å²) in [6, 6.07) is 1.95. The van der Waals surface area contributed by atoms with Crippen LogP contribution < -0.4 is 16.0 Å². The molecule has 0 aliphatic carbocycles. The van der Waals surface area contributed by atoms with Crippen LogP contribution in [0.5, 0.6) is 0 Å². The third-order valence-corrected chi connectivity index (χ3v) is 3.38. The van der Waals surface area contributed by atoms with Crippen LogP contribution in [0.2, 0.25) is 0 Å². The first-order valence-electron chi connectivity index (χ1n) is 6.48. The van der Waals surface area contributed by atoms with Crippen LogP contribution in [0.25, 0.3) is 0 Å². The minimum Gasteiger partial charge on any atom is -0.389 e. The van der Waals surface area contributed by atoms with E-state index in [1.165, 1.54) is 0 Å². The van der Waals surface area contributed by atoms with Crippen molar-refractivity contribution in [3.05, 3.63) is 22.9 Å². The summed E-state index contributed by atoms with van der Waals surface area (Å²) >= 11 is 5.12. The highest BCUT2D eigenvalue weighted by Crippen LogP contribution is 2.22. The first-order valence-corrected chi connectivity index (χ1v) is 6.89. The summed E-state index contributed by atoms with van der Waals surface area (Å²) in [7, 11) is 3.52. The zero-order valence-corrected chi connectivity index (χ0v) is 13.5. The summed E-state index contributed by atoms with van der Waals surface area (Å²) in [6.07, 6.45) is 0. The molecule has 0 aromatic carbocycles. The Morgan fingerprint density at radius 2 is 2.15 bits per heavy atom. The smallest absolute Gasteiger partial charge is 0.224 e. The first-order chi connectivity index (χ1) is 9.27. The van der Waals surface area contributed by atoms with Crippen LogP contribution in [0.1, 0.15) is 23.7 Å². The number of nitrogens with two attached hydrogens (primary N) is 1. The van der Waals surface area contributed by atoms with Crippen molar-refractivity contribution in [3.8, 4) is 0 Å². The zero-order chi connectivity index (χ0) is 15.4. The van der Waals surface area contributed by atoms with Crippen molar-refractivity contribution in [2.75, 3.05) is 25.5 Å². The summed E-state index contributed by atoms with van der Waals surface area (Å²) < 4.78 is 0. The number of carbonyl (C=O) groups excluding carboxylic acids is 1. The molecule has 1 amide bonds. The molecule has 110 valence electrons. The number of carbonyl (C=O) groups is 1. The van der Waals surface area contributed by atoms with Crippen LogP contribution in [0, 0.1) is 19.8 Å². The summed E-state index contributed by atoms with van der Waals surface area (Å²) in [5, 5.41) is 2.65. The molecule has 0 spiro atoms. The van der Waals surface area contributed by atoms with Gasteiger partial charge in [0.25, 0.3) is 0 Å². The van der Waals surface area contributed by atoms with Gasteiger partial charge in [-0.1, -0.05) is 19.1 Å². The van der Waals surface area contributed by atoms with Gasteiger partial charge >= 0.3 is 0 Å². The van der Waals surface area contributed by atoms with Gasteiger partial charge in [-0.2, -0.15) is 0 Å². The van der Waals surface area contributed by atoms with E-state index in [-0.39, 0.29) is 11.8 Å². The Morgan fingerprint density at radius 3 is 2.65 bits per heavy atom. The van der Waals surface area contributed by atoms with Crippen molar-refractivity contribution in [3.63, 3.8) is 0 Å². The lowest BCUT2D eigenvalue weighted by molar-refractivity contribution is -0.123. The average molecular weight is 294 g/mol. The van der Waals surface area contributed by atoms with Gasteiger partial charge < -0.3 is 16.0 Å². The fourth-order valence-corrected chi connectivity index (χ4v) is 2.48. The lowest BCUT2D eigenvalue weighted by Crippen LogP contribution is -2.35. The Hall–Kier alpha value is -1.69. The van der Waals surface area contributed by atoms with Gasteiger partial charge in [0.1, 0.15) is 10.8 Å². The molecule has 0 saturated carbocycles. The van der Waals surface area contributed by atoms with E-state index >= 15 is 0 Å². The summed E-state index contributed by atoms with van der Waals surface area (Å²) in [5.74, 6) is 0.579. The maximum absolute atomic E-state index is 11.6. The van der Waals surface area contributed by atoms with Gasteiger partial charge in [-0.05, 0) is 25.5 Å². The Labute approximate surface area is 125 Å². The second-order valence-electron chi connectivity index (χ2n) is 5.04. The number of thiocarbonyl (C=S) groups is 1. The van der Waals surface area contributed by atoms with Crippen LogP contribution in [0.15, 0.2) is 6.07 Å². The number of nitrogens with zero attached hydrogens (tertiary/aromatic N) is 2. The van der Waals surface area contributed by atoms with E-state index in [4.69, 9.17) is 18.0 Å². The van der Waals surface area contributed by atoms with Gasteiger partial charge in [-0.25, -0.2) is 4.98 Å². The molecule has 1 rings (SSSR count). The van der Waals surface area contributed by atoms with Crippen LogP contribution in [0.4, 0.5) is 5.82 Å². The maximum Gasteiger partial charge on any atom is 0.224 e. The predicted molar refractivity (Wildman–Crippen MR) is 86.1 cm³/mol. The molecule has 0 bridgehead atoms. The van der Waals surface area contributed by atoms with Gasteiger partial charge in [0.05, 0.1) is 11.5 Å². The van der Waals surface area contributed by atoms with Gasteiger partial charge in [0.2, 0.25) is 5.91 Å². The molecule has 6 heteroatoms. The topological polar surface area (TPSA) is 71.2 Å². The number of rotatable bonds is 5. The number of pyridine rings is 1. The first kappa shape index (κ1) is 16.4. The number of nitrogens with one attached hydrogen (secondary N) is 1. The van der Waals surface area contributed by atoms with Crippen molar-refractivity contribution in [1.29, 1.82) is 0 Å². The summed E-state index contributed by atoms with van der Waals surface area (Å²) in [6.45, 7) is 6.31. The van der Waals surface area contributed by atoms with E-state index in [1.807, 2.05) is 38.8 Å². The fourth-order valence-electron chi connectivity index (χ4n) is 2.22.